The van der Waals surface area contributed by atoms with Gasteiger partial charge in [-0.05, 0) is 36.4 Å². The quantitative estimate of drug-likeness (QED) is 0.644. The van der Waals surface area contributed by atoms with Gasteiger partial charge in [0.05, 0.1) is 11.3 Å². The second-order valence-corrected chi connectivity index (χ2v) is 3.52. The van der Waals surface area contributed by atoms with E-state index in [0.717, 1.165) is 5.69 Å². The molecule has 17 heavy (non-hydrogen) atoms. The van der Waals surface area contributed by atoms with Crippen molar-refractivity contribution in [3.63, 3.8) is 0 Å². The fraction of sp³-hybridized carbons (Fsp3) is 0.0769. The van der Waals surface area contributed by atoms with Crippen molar-refractivity contribution >= 4 is 11.7 Å². The number of carbonyl (C=O) groups excluding carboxylic acids is 1. The summed E-state index contributed by atoms with van der Waals surface area (Å²) in [6, 6.07) is 12.1. The first-order chi connectivity index (χ1) is 8.25. The van der Waals surface area contributed by atoms with Crippen LogP contribution in [-0.2, 0) is 11.3 Å². The van der Waals surface area contributed by atoms with Crippen LogP contribution in [0.15, 0.2) is 48.7 Å². The van der Waals surface area contributed by atoms with Gasteiger partial charge in [0.25, 0.3) is 0 Å². The van der Waals surface area contributed by atoms with Crippen LogP contribution < -0.4 is 5.73 Å². The van der Waals surface area contributed by atoms with Gasteiger partial charge >= 0.3 is 5.97 Å². The number of esters is 1. The Balaban J connectivity index is 1.96. The average Bonchev–Trinajstić information content (AvgIpc) is 2.38. The van der Waals surface area contributed by atoms with Crippen LogP contribution in [0.4, 0.5) is 5.69 Å². The summed E-state index contributed by atoms with van der Waals surface area (Å²) in [7, 11) is 0. The van der Waals surface area contributed by atoms with Gasteiger partial charge in [0, 0.05) is 11.9 Å². The molecule has 0 bridgehead atoms. The first kappa shape index (κ1) is 11.1. The zero-order valence-corrected chi connectivity index (χ0v) is 9.17. The van der Waals surface area contributed by atoms with Gasteiger partial charge in [-0.25, -0.2) is 4.79 Å². The second-order valence-electron chi connectivity index (χ2n) is 3.52. The summed E-state index contributed by atoms with van der Waals surface area (Å²) in [5, 5.41) is 0. The van der Waals surface area contributed by atoms with Crippen molar-refractivity contribution in [2.75, 3.05) is 5.73 Å². The Morgan fingerprint density at radius 1 is 1.18 bits per heavy atom. The minimum absolute atomic E-state index is 0.171. The molecule has 0 fully saturated rings. The maximum absolute atomic E-state index is 11.6. The van der Waals surface area contributed by atoms with E-state index in [1.165, 1.54) is 0 Å². The number of hydrogen-bond acceptors (Lipinski definition) is 4. The summed E-state index contributed by atoms with van der Waals surface area (Å²) in [6.07, 6.45) is 1.66. The standard InChI is InChI=1S/C13H12N2O2/c14-11-6-4-10(5-7-11)13(16)17-9-12-3-1-2-8-15-12/h1-8H,9,14H2. The summed E-state index contributed by atoms with van der Waals surface area (Å²) < 4.78 is 5.11. The van der Waals surface area contributed by atoms with E-state index in [-0.39, 0.29) is 12.6 Å². The van der Waals surface area contributed by atoms with Crippen molar-refractivity contribution in [2.45, 2.75) is 6.61 Å². The summed E-state index contributed by atoms with van der Waals surface area (Å²) in [4.78, 5) is 15.7. The van der Waals surface area contributed by atoms with E-state index in [1.54, 1.807) is 36.5 Å². The smallest absolute Gasteiger partial charge is 0.338 e. The first-order valence-corrected chi connectivity index (χ1v) is 5.18. The molecular formula is C13H12N2O2. The molecule has 0 atom stereocenters. The zero-order chi connectivity index (χ0) is 12.1. The van der Waals surface area contributed by atoms with Gasteiger partial charge < -0.3 is 10.5 Å². The Bertz CT molecular complexity index is 495. The number of benzene rings is 1. The fourth-order valence-electron chi connectivity index (χ4n) is 1.33. The number of nitrogen functional groups attached to an aromatic ring is 1. The minimum Gasteiger partial charge on any atom is -0.456 e. The Kier molecular flexibility index (Phi) is 3.35. The number of anilines is 1. The van der Waals surface area contributed by atoms with Crippen LogP contribution in [0.3, 0.4) is 0 Å². The summed E-state index contributed by atoms with van der Waals surface area (Å²) in [5.74, 6) is -0.379. The van der Waals surface area contributed by atoms with Crippen molar-refractivity contribution in [1.82, 2.24) is 4.98 Å². The molecule has 4 heteroatoms. The van der Waals surface area contributed by atoms with E-state index >= 15 is 0 Å². The van der Waals surface area contributed by atoms with Crippen molar-refractivity contribution in [3.05, 3.63) is 59.9 Å². The van der Waals surface area contributed by atoms with Gasteiger partial charge in [-0.2, -0.15) is 0 Å². The SMILES string of the molecule is Nc1ccc(C(=O)OCc2ccccn2)cc1. The molecule has 1 aromatic heterocycles. The highest BCUT2D eigenvalue weighted by Gasteiger charge is 2.06. The molecule has 0 aliphatic carbocycles. The largest absolute Gasteiger partial charge is 0.456 e. The van der Waals surface area contributed by atoms with Gasteiger partial charge in [0.1, 0.15) is 6.61 Å². The van der Waals surface area contributed by atoms with Crippen molar-refractivity contribution in [3.8, 4) is 0 Å². The van der Waals surface area contributed by atoms with E-state index in [2.05, 4.69) is 4.98 Å². The van der Waals surface area contributed by atoms with Gasteiger partial charge in [-0.3, -0.25) is 4.98 Å². The van der Waals surface area contributed by atoms with Crippen LogP contribution in [0.1, 0.15) is 16.1 Å². The Hall–Kier alpha value is -2.36. The van der Waals surface area contributed by atoms with E-state index in [4.69, 9.17) is 10.5 Å². The third-order valence-electron chi connectivity index (χ3n) is 2.22. The third kappa shape index (κ3) is 3.04. The highest BCUT2D eigenvalue weighted by atomic mass is 16.5. The second kappa shape index (κ2) is 5.12. The van der Waals surface area contributed by atoms with E-state index in [9.17, 15) is 4.79 Å². The van der Waals surface area contributed by atoms with Crippen LogP contribution in [0, 0.1) is 0 Å². The molecule has 2 aromatic rings. The van der Waals surface area contributed by atoms with Crippen molar-refractivity contribution < 1.29 is 9.53 Å². The predicted octanol–water partition coefficient (Wildman–Crippen LogP) is 2.02. The highest BCUT2D eigenvalue weighted by molar-refractivity contribution is 5.89. The number of aromatic nitrogens is 1. The Labute approximate surface area is 99.1 Å². The van der Waals surface area contributed by atoms with Crippen molar-refractivity contribution in [1.29, 1.82) is 0 Å². The van der Waals surface area contributed by atoms with E-state index < -0.39 is 0 Å². The summed E-state index contributed by atoms with van der Waals surface area (Å²) in [6.45, 7) is 0.171. The number of rotatable bonds is 3. The lowest BCUT2D eigenvalue weighted by atomic mass is 10.2. The predicted molar refractivity (Wildman–Crippen MR) is 64.2 cm³/mol. The van der Waals surface area contributed by atoms with Gasteiger partial charge in [0.15, 0.2) is 0 Å². The number of nitrogens with two attached hydrogens (primary N) is 1. The van der Waals surface area contributed by atoms with Crippen LogP contribution in [0.5, 0.6) is 0 Å². The lowest BCUT2D eigenvalue weighted by Crippen LogP contribution is -2.06. The molecule has 2 N–H and O–H groups in total. The Morgan fingerprint density at radius 2 is 1.94 bits per heavy atom. The summed E-state index contributed by atoms with van der Waals surface area (Å²) >= 11 is 0. The molecule has 1 aromatic carbocycles. The highest BCUT2D eigenvalue weighted by Crippen LogP contribution is 2.08. The maximum Gasteiger partial charge on any atom is 0.338 e. The number of nitrogens with zero attached hydrogens (tertiary/aromatic N) is 1. The van der Waals surface area contributed by atoms with Gasteiger partial charge in [-0.15, -0.1) is 0 Å². The normalized spacial score (nSPS) is 9.88. The van der Waals surface area contributed by atoms with Crippen LogP contribution in [-0.4, -0.2) is 11.0 Å². The monoisotopic (exact) mass is 228 g/mol. The molecule has 86 valence electrons. The molecule has 0 unspecified atom stereocenters. The number of hydrogen-bond donors (Lipinski definition) is 1. The average molecular weight is 228 g/mol. The molecule has 0 saturated heterocycles. The van der Waals surface area contributed by atoms with E-state index in [0.29, 0.717) is 11.3 Å². The first-order valence-electron chi connectivity index (χ1n) is 5.18. The van der Waals surface area contributed by atoms with Gasteiger partial charge in [0.2, 0.25) is 0 Å². The minimum atomic E-state index is -0.379. The third-order valence-corrected chi connectivity index (χ3v) is 2.22. The maximum atomic E-state index is 11.6. The fourth-order valence-corrected chi connectivity index (χ4v) is 1.33. The molecule has 2 rings (SSSR count). The molecular weight excluding hydrogens is 216 g/mol. The molecule has 0 aliphatic rings. The number of ether oxygens (including phenoxy) is 1. The van der Waals surface area contributed by atoms with Crippen LogP contribution in [0.25, 0.3) is 0 Å². The molecule has 4 nitrogen and oxygen atoms in total. The number of pyridine rings is 1. The van der Waals surface area contributed by atoms with Crippen LogP contribution in [0.2, 0.25) is 0 Å². The molecule has 1 heterocycles. The lowest BCUT2D eigenvalue weighted by Gasteiger charge is -2.04. The van der Waals surface area contributed by atoms with Crippen LogP contribution >= 0.6 is 0 Å². The lowest BCUT2D eigenvalue weighted by molar-refractivity contribution is 0.0468. The van der Waals surface area contributed by atoms with Crippen molar-refractivity contribution in [2.24, 2.45) is 0 Å². The molecule has 0 amide bonds. The molecule has 0 radical (unpaired) electrons. The Morgan fingerprint density at radius 3 is 2.59 bits per heavy atom. The zero-order valence-electron chi connectivity index (χ0n) is 9.17. The molecule has 0 aliphatic heterocycles. The molecule has 0 spiro atoms. The molecule has 0 saturated carbocycles. The van der Waals surface area contributed by atoms with Gasteiger partial charge in [-0.1, -0.05) is 6.07 Å². The number of carbonyl (C=O) groups is 1. The van der Waals surface area contributed by atoms with E-state index in [1.807, 2.05) is 12.1 Å². The summed E-state index contributed by atoms with van der Waals surface area (Å²) in [5.41, 5.74) is 7.35. The topological polar surface area (TPSA) is 65.2 Å².